The second kappa shape index (κ2) is 5.21. The van der Waals surface area contributed by atoms with E-state index in [2.05, 4.69) is 11.1 Å². The minimum atomic E-state index is 0.150. The summed E-state index contributed by atoms with van der Waals surface area (Å²) in [5.41, 5.74) is 3.52. The van der Waals surface area contributed by atoms with Gasteiger partial charge in [-0.1, -0.05) is 0 Å². The lowest BCUT2D eigenvalue weighted by Gasteiger charge is -2.22. The molecule has 0 radical (unpaired) electrons. The van der Waals surface area contributed by atoms with Crippen molar-refractivity contribution in [3.63, 3.8) is 0 Å². The summed E-state index contributed by atoms with van der Waals surface area (Å²) in [5, 5.41) is 0. The molecule has 2 aliphatic heterocycles. The standard InChI is InChI=1S/C15H19NO3/c1-17-13-8-10-5-6-16-15(12-4-3-7-19-12)11(10)9-14(13)18-2/h8-9,12H,3-7H2,1-2H3. The average molecular weight is 261 g/mol. The molecule has 0 spiro atoms. The van der Waals surface area contributed by atoms with Gasteiger partial charge in [0.25, 0.3) is 0 Å². The lowest BCUT2D eigenvalue weighted by atomic mass is 9.93. The third kappa shape index (κ3) is 2.21. The zero-order valence-electron chi connectivity index (χ0n) is 11.4. The van der Waals surface area contributed by atoms with Crippen LogP contribution >= 0.6 is 0 Å². The Hall–Kier alpha value is -1.55. The fraction of sp³-hybridized carbons (Fsp3) is 0.533. The molecule has 4 nitrogen and oxygen atoms in total. The van der Waals surface area contributed by atoms with Crippen molar-refractivity contribution < 1.29 is 14.2 Å². The van der Waals surface area contributed by atoms with Crippen molar-refractivity contribution in [2.24, 2.45) is 4.99 Å². The van der Waals surface area contributed by atoms with Crippen LogP contribution in [0, 0.1) is 0 Å². The largest absolute Gasteiger partial charge is 0.493 e. The highest BCUT2D eigenvalue weighted by Gasteiger charge is 2.27. The maximum absolute atomic E-state index is 5.78. The molecule has 0 amide bonds. The summed E-state index contributed by atoms with van der Waals surface area (Å²) in [6.45, 7) is 1.67. The van der Waals surface area contributed by atoms with E-state index in [1.807, 2.05) is 6.07 Å². The third-order valence-electron chi connectivity index (χ3n) is 3.78. The van der Waals surface area contributed by atoms with E-state index in [9.17, 15) is 0 Å². The van der Waals surface area contributed by atoms with Gasteiger partial charge in [0, 0.05) is 18.7 Å². The van der Waals surface area contributed by atoms with Gasteiger partial charge in [-0.15, -0.1) is 0 Å². The number of hydrogen-bond donors (Lipinski definition) is 0. The Morgan fingerprint density at radius 1 is 1.21 bits per heavy atom. The first-order chi connectivity index (χ1) is 9.33. The van der Waals surface area contributed by atoms with Gasteiger partial charge in [0.2, 0.25) is 0 Å². The number of aliphatic imine (C=N–C) groups is 1. The molecular weight excluding hydrogens is 242 g/mol. The summed E-state index contributed by atoms with van der Waals surface area (Å²) >= 11 is 0. The summed E-state index contributed by atoms with van der Waals surface area (Å²) in [5.74, 6) is 1.55. The first-order valence-electron chi connectivity index (χ1n) is 6.74. The van der Waals surface area contributed by atoms with Crippen LogP contribution in [0.5, 0.6) is 11.5 Å². The van der Waals surface area contributed by atoms with Crippen molar-refractivity contribution in [3.05, 3.63) is 23.3 Å². The van der Waals surface area contributed by atoms with Gasteiger partial charge in [-0.05, 0) is 37.0 Å². The quantitative estimate of drug-likeness (QED) is 0.837. The van der Waals surface area contributed by atoms with E-state index >= 15 is 0 Å². The number of nitrogens with zero attached hydrogens (tertiary/aromatic N) is 1. The van der Waals surface area contributed by atoms with E-state index in [4.69, 9.17) is 14.2 Å². The molecule has 1 aromatic rings. The van der Waals surface area contributed by atoms with E-state index in [0.717, 1.165) is 55.2 Å². The molecule has 19 heavy (non-hydrogen) atoms. The van der Waals surface area contributed by atoms with Gasteiger partial charge >= 0.3 is 0 Å². The summed E-state index contributed by atoms with van der Waals surface area (Å²) < 4.78 is 16.5. The lowest BCUT2D eigenvalue weighted by Crippen LogP contribution is -2.25. The average Bonchev–Trinajstić information content (AvgIpc) is 2.99. The minimum absolute atomic E-state index is 0.150. The topological polar surface area (TPSA) is 40.0 Å². The van der Waals surface area contributed by atoms with Crippen LogP contribution < -0.4 is 9.47 Å². The van der Waals surface area contributed by atoms with Crippen molar-refractivity contribution in [2.45, 2.75) is 25.4 Å². The SMILES string of the molecule is COc1cc2c(cc1OC)C(C1CCCO1)=NCC2. The highest BCUT2D eigenvalue weighted by atomic mass is 16.5. The van der Waals surface area contributed by atoms with E-state index in [1.54, 1.807) is 14.2 Å². The van der Waals surface area contributed by atoms with E-state index in [-0.39, 0.29) is 6.10 Å². The Bertz CT molecular complexity index is 504. The molecule has 4 heteroatoms. The van der Waals surface area contributed by atoms with Crippen LogP contribution in [-0.4, -0.2) is 39.2 Å². The fourth-order valence-electron chi connectivity index (χ4n) is 2.82. The monoisotopic (exact) mass is 261 g/mol. The Kier molecular flexibility index (Phi) is 3.42. The molecule has 0 aromatic heterocycles. The molecule has 1 unspecified atom stereocenters. The van der Waals surface area contributed by atoms with Crippen LogP contribution in [0.1, 0.15) is 24.0 Å². The number of rotatable bonds is 3. The minimum Gasteiger partial charge on any atom is -0.493 e. The first-order valence-corrected chi connectivity index (χ1v) is 6.74. The van der Waals surface area contributed by atoms with Gasteiger partial charge in [-0.3, -0.25) is 4.99 Å². The molecular formula is C15H19NO3. The number of hydrogen-bond acceptors (Lipinski definition) is 4. The summed E-state index contributed by atoms with van der Waals surface area (Å²) in [6, 6.07) is 4.10. The molecule has 1 fully saturated rings. The van der Waals surface area contributed by atoms with Crippen LogP contribution in [0.25, 0.3) is 0 Å². The lowest BCUT2D eigenvalue weighted by molar-refractivity contribution is 0.158. The second-order valence-corrected chi connectivity index (χ2v) is 4.88. The molecule has 1 atom stereocenters. The van der Waals surface area contributed by atoms with Gasteiger partial charge in [-0.2, -0.15) is 0 Å². The smallest absolute Gasteiger partial charge is 0.161 e. The molecule has 1 saturated heterocycles. The molecule has 0 N–H and O–H groups in total. The van der Waals surface area contributed by atoms with Gasteiger partial charge in [0.05, 0.1) is 26.0 Å². The first kappa shape index (κ1) is 12.5. The van der Waals surface area contributed by atoms with Crippen molar-refractivity contribution in [1.82, 2.24) is 0 Å². The molecule has 1 aromatic carbocycles. The van der Waals surface area contributed by atoms with E-state index < -0.39 is 0 Å². The van der Waals surface area contributed by atoms with E-state index in [0.29, 0.717) is 0 Å². The number of benzene rings is 1. The predicted octanol–water partition coefficient (Wildman–Crippen LogP) is 2.23. The van der Waals surface area contributed by atoms with Gasteiger partial charge in [-0.25, -0.2) is 0 Å². The number of ether oxygens (including phenoxy) is 3. The Balaban J connectivity index is 2.02. The zero-order chi connectivity index (χ0) is 13.2. The maximum atomic E-state index is 5.78. The summed E-state index contributed by atoms with van der Waals surface area (Å²) in [4.78, 5) is 4.68. The molecule has 0 saturated carbocycles. The second-order valence-electron chi connectivity index (χ2n) is 4.88. The molecule has 102 valence electrons. The third-order valence-corrected chi connectivity index (χ3v) is 3.78. The highest BCUT2D eigenvalue weighted by molar-refractivity contribution is 6.06. The fourth-order valence-corrected chi connectivity index (χ4v) is 2.82. The number of methoxy groups -OCH3 is 2. The summed E-state index contributed by atoms with van der Waals surface area (Å²) in [6.07, 6.45) is 3.28. The normalized spacial score (nSPS) is 21.8. The molecule has 2 aliphatic rings. The van der Waals surface area contributed by atoms with Crippen molar-refractivity contribution >= 4 is 5.71 Å². The van der Waals surface area contributed by atoms with Crippen molar-refractivity contribution in [2.75, 3.05) is 27.4 Å². The Morgan fingerprint density at radius 3 is 2.68 bits per heavy atom. The zero-order valence-corrected chi connectivity index (χ0v) is 11.4. The van der Waals surface area contributed by atoms with Crippen molar-refractivity contribution in [3.8, 4) is 11.5 Å². The Morgan fingerprint density at radius 2 is 2.00 bits per heavy atom. The van der Waals surface area contributed by atoms with Crippen LogP contribution in [0.15, 0.2) is 17.1 Å². The van der Waals surface area contributed by atoms with Crippen LogP contribution in [0.4, 0.5) is 0 Å². The van der Waals surface area contributed by atoms with Gasteiger partial charge in [0.1, 0.15) is 0 Å². The van der Waals surface area contributed by atoms with Crippen molar-refractivity contribution in [1.29, 1.82) is 0 Å². The Labute approximate surface area is 113 Å². The van der Waals surface area contributed by atoms with Crippen LogP contribution in [0.2, 0.25) is 0 Å². The van der Waals surface area contributed by atoms with Gasteiger partial charge < -0.3 is 14.2 Å². The van der Waals surface area contributed by atoms with Crippen LogP contribution in [0.3, 0.4) is 0 Å². The molecule has 3 rings (SSSR count). The maximum Gasteiger partial charge on any atom is 0.161 e. The number of fused-ring (bicyclic) bond motifs is 1. The summed E-state index contributed by atoms with van der Waals surface area (Å²) in [7, 11) is 3.33. The molecule has 0 bridgehead atoms. The van der Waals surface area contributed by atoms with Crippen LogP contribution in [-0.2, 0) is 11.2 Å². The van der Waals surface area contributed by atoms with Gasteiger partial charge in [0.15, 0.2) is 11.5 Å². The molecule has 0 aliphatic carbocycles. The van der Waals surface area contributed by atoms with E-state index in [1.165, 1.54) is 5.56 Å². The predicted molar refractivity (Wildman–Crippen MR) is 73.6 cm³/mol. The highest BCUT2D eigenvalue weighted by Crippen LogP contribution is 2.34. The molecule has 2 heterocycles.